The van der Waals surface area contributed by atoms with Crippen LogP contribution in [0.4, 0.5) is 0 Å². The summed E-state index contributed by atoms with van der Waals surface area (Å²) in [5.41, 5.74) is -0.590. The molecule has 3 aromatic heterocycles. The predicted molar refractivity (Wildman–Crippen MR) is 96.7 cm³/mol. The second-order valence-electron chi connectivity index (χ2n) is 6.10. The average molecular weight is 388 g/mol. The van der Waals surface area contributed by atoms with Gasteiger partial charge >= 0.3 is 5.69 Å². The first-order chi connectivity index (χ1) is 13.0. The number of aromatic amines is 2. The Labute approximate surface area is 153 Å². The van der Waals surface area contributed by atoms with Gasteiger partial charge in [0.2, 0.25) is 10.0 Å². The first-order valence-electron chi connectivity index (χ1n) is 8.21. The third-order valence-electron chi connectivity index (χ3n) is 4.44. The number of hydrogen-bond donors (Lipinski definition) is 3. The SMILES string of the molecule is O=c1[nH]c(=O)c2cc(S(=O)(=O)N3CCNCC3c3cccnc3)cnc2[nH]1. The third kappa shape index (κ3) is 3.16. The molecule has 4 rings (SSSR count). The van der Waals surface area contributed by atoms with Crippen molar-refractivity contribution in [1.29, 1.82) is 0 Å². The van der Waals surface area contributed by atoms with Gasteiger partial charge in [-0.2, -0.15) is 4.31 Å². The first kappa shape index (κ1) is 17.5. The normalized spacial score (nSPS) is 18.6. The molecule has 1 unspecified atom stereocenters. The van der Waals surface area contributed by atoms with Gasteiger partial charge in [0, 0.05) is 38.2 Å². The van der Waals surface area contributed by atoms with Crippen LogP contribution in [0.2, 0.25) is 0 Å². The van der Waals surface area contributed by atoms with E-state index in [1.807, 2.05) is 6.07 Å². The maximum atomic E-state index is 13.2. The lowest BCUT2D eigenvalue weighted by Gasteiger charge is -2.35. The van der Waals surface area contributed by atoms with Gasteiger partial charge in [0.1, 0.15) is 10.5 Å². The van der Waals surface area contributed by atoms with Gasteiger partial charge in [-0.05, 0) is 17.7 Å². The van der Waals surface area contributed by atoms with Crippen LogP contribution in [0.5, 0.6) is 0 Å². The number of H-pyrrole nitrogens is 2. The molecule has 1 atom stereocenters. The van der Waals surface area contributed by atoms with E-state index in [0.717, 1.165) is 11.8 Å². The lowest BCUT2D eigenvalue weighted by Crippen LogP contribution is -2.48. The minimum Gasteiger partial charge on any atom is -0.313 e. The number of piperazine rings is 1. The van der Waals surface area contributed by atoms with E-state index in [4.69, 9.17) is 0 Å². The maximum absolute atomic E-state index is 13.2. The van der Waals surface area contributed by atoms with Gasteiger partial charge in [-0.1, -0.05) is 6.07 Å². The van der Waals surface area contributed by atoms with Crippen LogP contribution < -0.4 is 16.6 Å². The number of pyridine rings is 2. The molecule has 0 spiro atoms. The lowest BCUT2D eigenvalue weighted by molar-refractivity contribution is 0.271. The van der Waals surface area contributed by atoms with Crippen molar-refractivity contribution in [2.75, 3.05) is 19.6 Å². The van der Waals surface area contributed by atoms with Gasteiger partial charge in [-0.25, -0.2) is 18.2 Å². The van der Waals surface area contributed by atoms with Crippen LogP contribution in [-0.4, -0.2) is 52.3 Å². The molecule has 3 N–H and O–H groups in total. The first-order valence-corrected chi connectivity index (χ1v) is 9.66. The molecule has 0 amide bonds. The number of rotatable bonds is 3. The molecule has 4 heterocycles. The molecule has 10 nitrogen and oxygen atoms in total. The molecular weight excluding hydrogens is 372 g/mol. The zero-order valence-electron chi connectivity index (χ0n) is 14.0. The molecule has 1 aliphatic rings. The number of nitrogens with one attached hydrogen (secondary N) is 3. The highest BCUT2D eigenvalue weighted by molar-refractivity contribution is 7.89. The molecular formula is C16H16N6O4S. The molecule has 140 valence electrons. The maximum Gasteiger partial charge on any atom is 0.327 e. The lowest BCUT2D eigenvalue weighted by atomic mass is 10.1. The summed E-state index contributed by atoms with van der Waals surface area (Å²) in [6.07, 6.45) is 4.41. The van der Waals surface area contributed by atoms with E-state index in [0.29, 0.717) is 13.1 Å². The molecule has 3 aromatic rings. The van der Waals surface area contributed by atoms with Crippen LogP contribution in [0, 0.1) is 0 Å². The monoisotopic (exact) mass is 388 g/mol. The number of sulfonamides is 1. The van der Waals surface area contributed by atoms with Crippen LogP contribution >= 0.6 is 0 Å². The van der Waals surface area contributed by atoms with Gasteiger partial charge in [0.25, 0.3) is 5.56 Å². The molecule has 1 saturated heterocycles. The number of hydrogen-bond acceptors (Lipinski definition) is 7. The Kier molecular flexibility index (Phi) is 4.34. The van der Waals surface area contributed by atoms with Gasteiger partial charge < -0.3 is 5.32 Å². The van der Waals surface area contributed by atoms with E-state index in [1.165, 1.54) is 10.4 Å². The largest absolute Gasteiger partial charge is 0.327 e. The summed E-state index contributed by atoms with van der Waals surface area (Å²) in [5.74, 6) is 0. The Morgan fingerprint density at radius 2 is 2.04 bits per heavy atom. The van der Waals surface area contributed by atoms with Crippen molar-refractivity contribution in [3.63, 3.8) is 0 Å². The van der Waals surface area contributed by atoms with E-state index >= 15 is 0 Å². The highest BCUT2D eigenvalue weighted by atomic mass is 32.2. The molecule has 0 saturated carbocycles. The third-order valence-corrected chi connectivity index (χ3v) is 6.31. The molecule has 0 radical (unpaired) electrons. The highest BCUT2D eigenvalue weighted by Crippen LogP contribution is 2.28. The summed E-state index contributed by atoms with van der Waals surface area (Å²) in [4.78, 5) is 35.7. The average Bonchev–Trinajstić information content (AvgIpc) is 2.68. The van der Waals surface area contributed by atoms with Crippen molar-refractivity contribution < 1.29 is 8.42 Å². The van der Waals surface area contributed by atoms with Gasteiger partial charge in [0.05, 0.1) is 11.4 Å². The number of fused-ring (bicyclic) bond motifs is 1. The Morgan fingerprint density at radius 3 is 2.81 bits per heavy atom. The molecule has 0 aromatic carbocycles. The number of aromatic nitrogens is 4. The van der Waals surface area contributed by atoms with Crippen LogP contribution in [-0.2, 0) is 10.0 Å². The summed E-state index contributed by atoms with van der Waals surface area (Å²) >= 11 is 0. The van der Waals surface area contributed by atoms with E-state index in [2.05, 4.69) is 25.3 Å². The van der Waals surface area contributed by atoms with E-state index in [9.17, 15) is 18.0 Å². The summed E-state index contributed by atoms with van der Waals surface area (Å²) in [7, 11) is -3.92. The smallest absolute Gasteiger partial charge is 0.313 e. The quantitative estimate of drug-likeness (QED) is 0.541. The summed E-state index contributed by atoms with van der Waals surface area (Å²) < 4.78 is 27.9. The molecule has 0 bridgehead atoms. The van der Waals surface area contributed by atoms with Gasteiger partial charge in [0.15, 0.2) is 0 Å². The highest BCUT2D eigenvalue weighted by Gasteiger charge is 2.35. The Bertz CT molecular complexity index is 1200. The summed E-state index contributed by atoms with van der Waals surface area (Å²) in [6, 6.07) is 4.38. The molecule has 0 aliphatic carbocycles. The second-order valence-corrected chi connectivity index (χ2v) is 7.99. The molecule has 11 heteroatoms. The van der Waals surface area contributed by atoms with Crippen molar-refractivity contribution in [2.24, 2.45) is 0 Å². The predicted octanol–water partition coefficient (Wildman–Crippen LogP) is -0.658. The van der Waals surface area contributed by atoms with Crippen LogP contribution in [0.25, 0.3) is 11.0 Å². The van der Waals surface area contributed by atoms with Gasteiger partial charge in [-0.3, -0.25) is 19.7 Å². The Morgan fingerprint density at radius 1 is 1.19 bits per heavy atom. The summed E-state index contributed by atoms with van der Waals surface area (Å²) in [5, 5.41) is 3.19. The minimum atomic E-state index is -3.92. The zero-order valence-corrected chi connectivity index (χ0v) is 14.9. The van der Waals surface area contributed by atoms with E-state index in [1.54, 1.807) is 18.5 Å². The number of nitrogens with zero attached hydrogens (tertiary/aromatic N) is 3. The van der Waals surface area contributed by atoms with E-state index in [-0.39, 0.29) is 22.5 Å². The van der Waals surface area contributed by atoms with Gasteiger partial charge in [-0.15, -0.1) is 0 Å². The molecule has 1 aliphatic heterocycles. The molecule has 1 fully saturated rings. The second kappa shape index (κ2) is 6.68. The topological polar surface area (TPSA) is 141 Å². The minimum absolute atomic E-state index is 0.00346. The fourth-order valence-electron chi connectivity index (χ4n) is 3.13. The van der Waals surface area contributed by atoms with Crippen molar-refractivity contribution >= 4 is 21.1 Å². The fraction of sp³-hybridized carbons (Fsp3) is 0.250. The Hall–Kier alpha value is -2.89. The van der Waals surface area contributed by atoms with Crippen molar-refractivity contribution in [1.82, 2.24) is 29.6 Å². The van der Waals surface area contributed by atoms with Crippen LogP contribution in [0.3, 0.4) is 0 Å². The molecule has 27 heavy (non-hydrogen) atoms. The van der Waals surface area contributed by atoms with Crippen molar-refractivity contribution in [3.05, 3.63) is 63.2 Å². The van der Waals surface area contributed by atoms with Crippen molar-refractivity contribution in [3.8, 4) is 0 Å². The van der Waals surface area contributed by atoms with Crippen molar-refractivity contribution in [2.45, 2.75) is 10.9 Å². The zero-order chi connectivity index (χ0) is 19.0. The fourth-order valence-corrected chi connectivity index (χ4v) is 4.72. The standard InChI is InChI=1S/C16H16N6O4S/c23-15-12-6-11(8-19-14(12)20-16(24)21-15)27(25,26)22-5-4-18-9-13(22)10-2-1-3-17-7-10/h1-3,6-8,13,18H,4-5,9H2,(H2,19,20,21,23,24). The summed E-state index contributed by atoms with van der Waals surface area (Å²) in [6.45, 7) is 1.21. The van der Waals surface area contributed by atoms with Crippen LogP contribution in [0.15, 0.2) is 51.3 Å². The van der Waals surface area contributed by atoms with E-state index < -0.39 is 27.3 Å². The van der Waals surface area contributed by atoms with Crippen LogP contribution in [0.1, 0.15) is 11.6 Å². The Balaban J connectivity index is 1.81.